The van der Waals surface area contributed by atoms with Crippen LogP contribution < -0.4 is 0 Å². The van der Waals surface area contributed by atoms with Gasteiger partial charge in [0.15, 0.2) is 5.78 Å². The zero-order chi connectivity index (χ0) is 15.8. The molecule has 1 aliphatic heterocycles. The van der Waals surface area contributed by atoms with Crippen LogP contribution >= 0.6 is 23.4 Å². The Hall–Kier alpha value is -0.840. The van der Waals surface area contributed by atoms with E-state index in [9.17, 15) is 9.90 Å². The maximum atomic E-state index is 12.3. The van der Waals surface area contributed by atoms with Gasteiger partial charge in [0, 0.05) is 5.02 Å². The summed E-state index contributed by atoms with van der Waals surface area (Å²) in [6, 6.07) is 7.46. The molecule has 1 fully saturated rings. The van der Waals surface area contributed by atoms with E-state index in [1.807, 2.05) is 31.2 Å². The first-order chi connectivity index (χ1) is 9.65. The van der Waals surface area contributed by atoms with Gasteiger partial charge in [0.25, 0.3) is 0 Å². The maximum absolute atomic E-state index is 12.3. The minimum absolute atomic E-state index is 0.0186. The number of rotatable bonds is 3. The number of nitrogens with zero attached hydrogens (tertiary/aromatic N) is 1. The average Bonchev–Trinajstić information content (AvgIpc) is 2.65. The van der Waals surface area contributed by atoms with Crippen LogP contribution in [0.1, 0.15) is 45.7 Å². The van der Waals surface area contributed by atoms with Crippen molar-refractivity contribution in [2.45, 2.75) is 50.5 Å². The molecule has 0 unspecified atom stereocenters. The van der Waals surface area contributed by atoms with Gasteiger partial charge in [0.2, 0.25) is 0 Å². The van der Waals surface area contributed by atoms with E-state index in [0.717, 1.165) is 10.6 Å². The second-order valence-electron chi connectivity index (χ2n) is 6.01. The van der Waals surface area contributed by atoms with Gasteiger partial charge in [-0.25, -0.2) is 0 Å². The highest BCUT2D eigenvalue weighted by molar-refractivity contribution is 8.16. The molecule has 1 heterocycles. The quantitative estimate of drug-likeness (QED) is 0.912. The molecule has 1 saturated heterocycles. The van der Waals surface area contributed by atoms with Gasteiger partial charge in [0.05, 0.1) is 23.1 Å². The Balaban J connectivity index is 2.25. The fourth-order valence-corrected chi connectivity index (χ4v) is 3.89. The smallest absolute Gasteiger partial charge is 0.158 e. The Morgan fingerprint density at radius 2 is 2.05 bits per heavy atom. The van der Waals surface area contributed by atoms with Gasteiger partial charge in [-0.05, 0) is 39.3 Å². The van der Waals surface area contributed by atoms with Crippen LogP contribution in [0.3, 0.4) is 0 Å². The Morgan fingerprint density at radius 1 is 1.43 bits per heavy atom. The van der Waals surface area contributed by atoms with Gasteiger partial charge in [0.1, 0.15) is 4.75 Å². The van der Waals surface area contributed by atoms with Crippen molar-refractivity contribution in [3.8, 4) is 0 Å². The summed E-state index contributed by atoms with van der Waals surface area (Å²) in [7, 11) is 0. The minimum atomic E-state index is -1.08. The van der Waals surface area contributed by atoms with Crippen molar-refractivity contribution in [2.24, 2.45) is 4.99 Å². The van der Waals surface area contributed by atoms with E-state index in [0.29, 0.717) is 5.02 Å². The van der Waals surface area contributed by atoms with Gasteiger partial charge in [-0.15, -0.1) is 0 Å². The van der Waals surface area contributed by atoms with Gasteiger partial charge >= 0.3 is 0 Å². The Labute approximate surface area is 134 Å². The molecule has 0 aliphatic carbocycles. The molecular formula is C16H20ClNO2S. The topological polar surface area (TPSA) is 49.7 Å². The molecule has 114 valence electrons. The molecule has 1 aromatic carbocycles. The molecular weight excluding hydrogens is 306 g/mol. The molecule has 3 nitrogen and oxygen atoms in total. The molecule has 0 radical (unpaired) electrons. The van der Waals surface area contributed by atoms with Crippen LogP contribution in [0, 0.1) is 0 Å². The number of halogens is 1. The summed E-state index contributed by atoms with van der Waals surface area (Å²) >= 11 is 7.54. The van der Waals surface area contributed by atoms with Crippen molar-refractivity contribution in [2.75, 3.05) is 0 Å². The van der Waals surface area contributed by atoms with Crippen molar-refractivity contribution >= 4 is 34.2 Å². The van der Waals surface area contributed by atoms with Crippen LogP contribution in [-0.2, 0) is 4.79 Å². The summed E-state index contributed by atoms with van der Waals surface area (Å²) in [5.41, 5.74) is -0.142. The Bertz CT molecular complexity index is 594. The molecule has 1 N–H and O–H groups in total. The third kappa shape index (κ3) is 3.17. The highest BCUT2D eigenvalue weighted by Crippen LogP contribution is 2.45. The fraction of sp³-hybridized carbons (Fsp3) is 0.500. The lowest BCUT2D eigenvalue weighted by Crippen LogP contribution is -2.48. The largest absolute Gasteiger partial charge is 0.389 e. The van der Waals surface area contributed by atoms with E-state index in [2.05, 4.69) is 4.99 Å². The number of ketones is 1. The van der Waals surface area contributed by atoms with E-state index in [1.54, 1.807) is 20.8 Å². The number of aliphatic hydroxyl groups is 1. The number of thioether (sulfide) groups is 1. The first kappa shape index (κ1) is 16.5. The zero-order valence-corrected chi connectivity index (χ0v) is 14.3. The molecule has 0 amide bonds. The molecule has 1 aromatic rings. The summed E-state index contributed by atoms with van der Waals surface area (Å²) in [6.07, 6.45) is 0.278. The van der Waals surface area contributed by atoms with Gasteiger partial charge in [-0.1, -0.05) is 41.6 Å². The summed E-state index contributed by atoms with van der Waals surface area (Å²) in [5, 5.41) is 11.7. The van der Waals surface area contributed by atoms with Crippen molar-refractivity contribution in [1.29, 1.82) is 0 Å². The van der Waals surface area contributed by atoms with E-state index in [1.165, 1.54) is 11.8 Å². The molecule has 0 aromatic heterocycles. The monoisotopic (exact) mass is 325 g/mol. The van der Waals surface area contributed by atoms with Crippen LogP contribution in [0.2, 0.25) is 5.02 Å². The number of hydrogen-bond acceptors (Lipinski definition) is 4. The van der Waals surface area contributed by atoms with Crippen molar-refractivity contribution in [3.05, 3.63) is 34.9 Å². The highest BCUT2D eigenvalue weighted by Gasteiger charge is 2.52. The van der Waals surface area contributed by atoms with Crippen LogP contribution in [-0.4, -0.2) is 26.3 Å². The molecule has 1 aliphatic rings. The third-order valence-electron chi connectivity index (χ3n) is 4.03. The second kappa shape index (κ2) is 5.75. The van der Waals surface area contributed by atoms with E-state index >= 15 is 0 Å². The summed E-state index contributed by atoms with van der Waals surface area (Å²) in [5.74, 6) is 0.0186. The van der Waals surface area contributed by atoms with Crippen LogP contribution in [0.4, 0.5) is 0 Å². The average molecular weight is 326 g/mol. The highest BCUT2D eigenvalue weighted by atomic mass is 35.5. The standard InChI is InChI=1S/C16H20ClNO2S/c1-10(11-7-5-6-8-12(11)17)18-14-9-13(19)16(4,21-14)15(2,3)20/h5-8,10,20H,9H2,1-4H3/t10-,16-/m0/s1. The first-order valence-electron chi connectivity index (χ1n) is 6.91. The Morgan fingerprint density at radius 3 is 2.57 bits per heavy atom. The van der Waals surface area contributed by atoms with Gasteiger partial charge < -0.3 is 5.11 Å². The molecule has 0 spiro atoms. The predicted molar refractivity (Wildman–Crippen MR) is 89.2 cm³/mol. The molecule has 2 rings (SSSR count). The van der Waals surface area contributed by atoms with Crippen molar-refractivity contribution in [3.63, 3.8) is 0 Å². The number of benzene rings is 1. The maximum Gasteiger partial charge on any atom is 0.158 e. The van der Waals surface area contributed by atoms with Gasteiger partial charge in [-0.3, -0.25) is 9.79 Å². The van der Waals surface area contributed by atoms with E-state index in [-0.39, 0.29) is 18.2 Å². The number of carbonyl (C=O) groups excluding carboxylic acids is 1. The van der Waals surface area contributed by atoms with Gasteiger partial charge in [-0.2, -0.15) is 0 Å². The summed E-state index contributed by atoms with van der Waals surface area (Å²) in [6.45, 7) is 7.07. The molecule has 2 atom stereocenters. The lowest BCUT2D eigenvalue weighted by atomic mass is 9.87. The lowest BCUT2D eigenvalue weighted by Gasteiger charge is -2.33. The SMILES string of the molecule is C[C@H](N=C1CC(=O)[C@@](C)(C(C)(C)O)S1)c1ccccc1Cl. The minimum Gasteiger partial charge on any atom is -0.389 e. The summed E-state index contributed by atoms with van der Waals surface area (Å²) < 4.78 is -0.841. The number of hydrogen-bond donors (Lipinski definition) is 1. The first-order valence-corrected chi connectivity index (χ1v) is 8.10. The summed E-state index contributed by atoms with van der Waals surface area (Å²) in [4.78, 5) is 16.9. The molecule has 0 bridgehead atoms. The molecule has 0 saturated carbocycles. The van der Waals surface area contributed by atoms with Crippen LogP contribution in [0.25, 0.3) is 0 Å². The molecule has 21 heavy (non-hydrogen) atoms. The Kier molecular flexibility index (Phi) is 4.52. The van der Waals surface area contributed by atoms with Crippen molar-refractivity contribution in [1.82, 2.24) is 0 Å². The number of aliphatic imine (C=N–C) groups is 1. The van der Waals surface area contributed by atoms with Crippen LogP contribution in [0.15, 0.2) is 29.3 Å². The van der Waals surface area contributed by atoms with E-state index < -0.39 is 10.3 Å². The second-order valence-corrected chi connectivity index (χ2v) is 7.91. The number of carbonyl (C=O) groups is 1. The predicted octanol–water partition coefficient (Wildman–Crippen LogP) is 4.04. The van der Waals surface area contributed by atoms with Crippen LogP contribution in [0.5, 0.6) is 0 Å². The third-order valence-corrected chi connectivity index (χ3v) is 5.99. The lowest BCUT2D eigenvalue weighted by molar-refractivity contribution is -0.124. The van der Waals surface area contributed by atoms with Crippen molar-refractivity contribution < 1.29 is 9.90 Å². The normalized spacial score (nSPS) is 26.4. The zero-order valence-electron chi connectivity index (χ0n) is 12.7. The number of Topliss-reactive ketones (excluding diaryl/α,β-unsaturated/α-hetero) is 1. The van der Waals surface area contributed by atoms with E-state index in [4.69, 9.17) is 11.6 Å². The molecule has 5 heteroatoms. The fourth-order valence-electron chi connectivity index (χ4n) is 2.27.